The molecule has 1 aliphatic heterocycles. The first kappa shape index (κ1) is 15.3. The molecule has 0 aromatic rings. The number of rotatable bonds is 2. The van der Waals surface area contributed by atoms with Crippen molar-refractivity contribution >= 4 is 6.47 Å². The molecule has 1 heterocycles. The largest absolute Gasteiger partial charge is 0.462 e. The summed E-state index contributed by atoms with van der Waals surface area (Å²) in [6.07, 6.45) is 0. The number of ether oxygens (including phenoxy) is 2. The van der Waals surface area contributed by atoms with Crippen LogP contribution >= 0.6 is 0 Å². The van der Waals surface area contributed by atoms with Gasteiger partial charge in [-0.2, -0.15) is 0 Å². The van der Waals surface area contributed by atoms with Crippen LogP contribution in [0.1, 0.15) is 34.6 Å². The fourth-order valence-corrected chi connectivity index (χ4v) is 1.13. The Bertz CT molecular complexity index is 211. The predicted molar refractivity (Wildman–Crippen MR) is 60.9 cm³/mol. The third-order valence-electron chi connectivity index (χ3n) is 1.82. The van der Waals surface area contributed by atoms with Crippen molar-refractivity contribution in [1.29, 1.82) is 0 Å². The molecule has 1 rings (SSSR count). The highest BCUT2D eigenvalue weighted by Crippen LogP contribution is 2.13. The molecule has 96 valence electrons. The SMILES string of the molecule is CC(C)(C)OC=O.CC1(C)NC(CO)CO1. The normalized spacial score (nSPS) is 23.2. The Morgan fingerprint density at radius 3 is 2.25 bits per heavy atom. The van der Waals surface area contributed by atoms with Crippen molar-refractivity contribution in [2.24, 2.45) is 0 Å². The number of aliphatic hydroxyl groups excluding tert-OH is 1. The first-order chi connectivity index (χ1) is 7.20. The van der Waals surface area contributed by atoms with E-state index in [-0.39, 0.29) is 24.0 Å². The third kappa shape index (κ3) is 7.62. The van der Waals surface area contributed by atoms with Crippen molar-refractivity contribution in [1.82, 2.24) is 5.32 Å². The first-order valence-electron chi connectivity index (χ1n) is 5.34. The Kier molecular flexibility index (Phi) is 5.92. The van der Waals surface area contributed by atoms with Crippen molar-refractivity contribution in [3.05, 3.63) is 0 Å². The van der Waals surface area contributed by atoms with Crippen LogP contribution in [-0.4, -0.2) is 42.2 Å². The van der Waals surface area contributed by atoms with E-state index >= 15 is 0 Å². The lowest BCUT2D eigenvalue weighted by molar-refractivity contribution is -0.138. The van der Waals surface area contributed by atoms with Crippen molar-refractivity contribution < 1.29 is 19.4 Å². The lowest BCUT2D eigenvalue weighted by Crippen LogP contribution is -2.39. The lowest BCUT2D eigenvalue weighted by Gasteiger charge is -2.17. The molecule has 1 aliphatic rings. The molecular formula is C11H23NO4. The Morgan fingerprint density at radius 2 is 2.12 bits per heavy atom. The van der Waals surface area contributed by atoms with Gasteiger partial charge in [0.15, 0.2) is 0 Å². The monoisotopic (exact) mass is 233 g/mol. The van der Waals surface area contributed by atoms with Crippen LogP contribution in [0.4, 0.5) is 0 Å². The van der Waals surface area contributed by atoms with Crippen LogP contribution in [0.5, 0.6) is 0 Å². The Balaban J connectivity index is 0.000000293. The van der Waals surface area contributed by atoms with Gasteiger partial charge >= 0.3 is 0 Å². The van der Waals surface area contributed by atoms with Crippen molar-refractivity contribution in [2.45, 2.75) is 52.0 Å². The maximum atomic E-state index is 9.60. The summed E-state index contributed by atoms with van der Waals surface area (Å²) in [6, 6.07) is 0.125. The molecule has 2 N–H and O–H groups in total. The predicted octanol–water partition coefficient (Wildman–Crippen LogP) is 0.661. The summed E-state index contributed by atoms with van der Waals surface area (Å²) in [6.45, 7) is 10.6. The number of carbonyl (C=O) groups excluding carboxylic acids is 1. The number of aliphatic hydroxyl groups is 1. The maximum absolute atomic E-state index is 9.60. The van der Waals surface area contributed by atoms with E-state index < -0.39 is 0 Å². The quantitative estimate of drug-likeness (QED) is 0.686. The van der Waals surface area contributed by atoms with Gasteiger partial charge in [-0.3, -0.25) is 10.1 Å². The lowest BCUT2D eigenvalue weighted by atomic mass is 10.2. The molecule has 16 heavy (non-hydrogen) atoms. The summed E-state index contributed by atoms with van der Waals surface area (Å²) in [5.74, 6) is 0. The van der Waals surface area contributed by atoms with Crippen LogP contribution in [0.25, 0.3) is 0 Å². The summed E-state index contributed by atoms with van der Waals surface area (Å²) < 4.78 is 9.82. The van der Waals surface area contributed by atoms with Gasteiger partial charge in [-0.05, 0) is 34.6 Å². The smallest absolute Gasteiger partial charge is 0.293 e. The van der Waals surface area contributed by atoms with E-state index in [1.165, 1.54) is 0 Å². The molecule has 1 saturated heterocycles. The van der Waals surface area contributed by atoms with E-state index in [1.54, 1.807) is 0 Å². The van der Waals surface area contributed by atoms with Gasteiger partial charge in [-0.1, -0.05) is 0 Å². The third-order valence-corrected chi connectivity index (χ3v) is 1.82. The van der Waals surface area contributed by atoms with Gasteiger partial charge < -0.3 is 14.6 Å². The highest BCUT2D eigenvalue weighted by molar-refractivity contribution is 5.37. The van der Waals surface area contributed by atoms with Gasteiger partial charge in [0, 0.05) is 0 Å². The summed E-state index contributed by atoms with van der Waals surface area (Å²) in [7, 11) is 0. The molecule has 5 heteroatoms. The standard InChI is InChI=1S/C6H13NO2.C5H10O2/c1-6(2)7-5(3-8)4-9-6;1-5(2,3)7-4-6/h5,7-8H,3-4H2,1-2H3;4H,1-3H3. The van der Waals surface area contributed by atoms with Crippen molar-refractivity contribution in [2.75, 3.05) is 13.2 Å². The van der Waals surface area contributed by atoms with E-state index in [0.29, 0.717) is 13.1 Å². The Morgan fingerprint density at radius 1 is 1.56 bits per heavy atom. The molecule has 0 radical (unpaired) electrons. The van der Waals surface area contributed by atoms with Gasteiger partial charge in [0.25, 0.3) is 6.47 Å². The van der Waals surface area contributed by atoms with E-state index in [2.05, 4.69) is 10.1 Å². The molecule has 0 aromatic heterocycles. The number of hydrogen-bond acceptors (Lipinski definition) is 5. The molecule has 0 bridgehead atoms. The fraction of sp³-hybridized carbons (Fsp3) is 0.909. The van der Waals surface area contributed by atoms with Crippen LogP contribution in [0.2, 0.25) is 0 Å². The minimum Gasteiger partial charge on any atom is -0.462 e. The van der Waals surface area contributed by atoms with E-state index in [4.69, 9.17) is 9.84 Å². The number of carbonyl (C=O) groups is 1. The minimum absolute atomic E-state index is 0.125. The van der Waals surface area contributed by atoms with Crippen molar-refractivity contribution in [3.8, 4) is 0 Å². The van der Waals surface area contributed by atoms with E-state index in [9.17, 15) is 4.79 Å². The molecule has 0 spiro atoms. The van der Waals surface area contributed by atoms with Crippen LogP contribution in [0.15, 0.2) is 0 Å². The molecule has 0 amide bonds. The molecule has 0 aromatic carbocycles. The zero-order chi connectivity index (χ0) is 12.8. The highest BCUT2D eigenvalue weighted by atomic mass is 16.5. The first-order valence-corrected chi connectivity index (χ1v) is 5.34. The number of hydrogen-bond donors (Lipinski definition) is 2. The highest BCUT2D eigenvalue weighted by Gasteiger charge is 2.29. The van der Waals surface area contributed by atoms with Crippen LogP contribution in [0, 0.1) is 0 Å². The molecule has 1 atom stereocenters. The van der Waals surface area contributed by atoms with Crippen LogP contribution in [0.3, 0.4) is 0 Å². The van der Waals surface area contributed by atoms with Crippen LogP contribution < -0.4 is 5.32 Å². The Labute approximate surface area is 97.1 Å². The fourth-order valence-electron chi connectivity index (χ4n) is 1.13. The zero-order valence-corrected chi connectivity index (χ0v) is 10.7. The molecule has 5 nitrogen and oxygen atoms in total. The van der Waals surface area contributed by atoms with E-state index in [0.717, 1.165) is 0 Å². The zero-order valence-electron chi connectivity index (χ0n) is 10.7. The molecule has 0 aliphatic carbocycles. The Hall–Kier alpha value is -0.650. The molecule has 1 unspecified atom stereocenters. The second-order valence-corrected chi connectivity index (χ2v) is 5.17. The topological polar surface area (TPSA) is 67.8 Å². The van der Waals surface area contributed by atoms with Gasteiger partial charge in [0.2, 0.25) is 0 Å². The number of nitrogens with one attached hydrogen (secondary N) is 1. The van der Waals surface area contributed by atoms with Gasteiger partial charge in [0.05, 0.1) is 19.3 Å². The average molecular weight is 233 g/mol. The summed E-state index contributed by atoms with van der Waals surface area (Å²) in [4.78, 5) is 9.60. The summed E-state index contributed by atoms with van der Waals surface area (Å²) >= 11 is 0. The van der Waals surface area contributed by atoms with E-state index in [1.807, 2.05) is 34.6 Å². The average Bonchev–Trinajstić information content (AvgIpc) is 2.44. The molecule has 0 saturated carbocycles. The van der Waals surface area contributed by atoms with Gasteiger partial charge in [-0.15, -0.1) is 0 Å². The molecular weight excluding hydrogens is 210 g/mol. The summed E-state index contributed by atoms with van der Waals surface area (Å²) in [5.41, 5.74) is -0.560. The van der Waals surface area contributed by atoms with Gasteiger partial charge in [0.1, 0.15) is 11.3 Å². The maximum Gasteiger partial charge on any atom is 0.293 e. The van der Waals surface area contributed by atoms with Crippen molar-refractivity contribution in [3.63, 3.8) is 0 Å². The van der Waals surface area contributed by atoms with Crippen LogP contribution in [-0.2, 0) is 14.3 Å². The second kappa shape index (κ2) is 6.18. The second-order valence-electron chi connectivity index (χ2n) is 5.17. The minimum atomic E-state index is -0.318. The van der Waals surface area contributed by atoms with Gasteiger partial charge in [-0.25, -0.2) is 0 Å². The molecule has 1 fully saturated rings. The summed E-state index contributed by atoms with van der Waals surface area (Å²) in [5, 5.41) is 11.8.